The van der Waals surface area contributed by atoms with Crippen molar-refractivity contribution in [2.24, 2.45) is 11.7 Å². The zero-order valence-corrected chi connectivity index (χ0v) is 9.12. The minimum absolute atomic E-state index is 0.191. The van der Waals surface area contributed by atoms with Crippen molar-refractivity contribution < 1.29 is 0 Å². The minimum atomic E-state index is 0.191. The third-order valence-electron chi connectivity index (χ3n) is 1.99. The van der Waals surface area contributed by atoms with E-state index in [1.165, 1.54) is 0 Å². The van der Waals surface area contributed by atoms with Crippen molar-refractivity contribution in [3.8, 4) is 0 Å². The summed E-state index contributed by atoms with van der Waals surface area (Å²) in [6.07, 6.45) is 3.12. The van der Waals surface area contributed by atoms with E-state index >= 15 is 0 Å². The fourth-order valence-corrected chi connectivity index (χ4v) is 1.15. The molecule has 4 nitrogen and oxygen atoms in total. The molecular formula is C9H15ClN4. The van der Waals surface area contributed by atoms with Gasteiger partial charge in [-0.1, -0.05) is 25.4 Å². The largest absolute Gasteiger partial charge is 0.350 e. The van der Waals surface area contributed by atoms with Crippen molar-refractivity contribution in [3.05, 3.63) is 17.4 Å². The molecule has 1 unspecified atom stereocenters. The lowest BCUT2D eigenvalue weighted by molar-refractivity contribution is 0.528. The first-order valence-electron chi connectivity index (χ1n) is 4.57. The van der Waals surface area contributed by atoms with Crippen molar-refractivity contribution in [2.75, 3.05) is 11.9 Å². The molecule has 0 amide bonds. The van der Waals surface area contributed by atoms with Gasteiger partial charge in [-0.2, -0.15) is 0 Å². The molecule has 0 bridgehead atoms. The summed E-state index contributed by atoms with van der Waals surface area (Å²) in [4.78, 5) is 8.08. The Bertz CT molecular complexity index is 273. The minimum Gasteiger partial charge on any atom is -0.350 e. The van der Waals surface area contributed by atoms with E-state index in [0.29, 0.717) is 23.4 Å². The molecule has 0 radical (unpaired) electrons. The summed E-state index contributed by atoms with van der Waals surface area (Å²) in [5.41, 5.74) is 5.61. The van der Waals surface area contributed by atoms with E-state index in [-0.39, 0.29) is 6.04 Å². The van der Waals surface area contributed by atoms with Crippen LogP contribution in [0.4, 0.5) is 5.95 Å². The Labute approximate surface area is 88.9 Å². The molecule has 14 heavy (non-hydrogen) atoms. The third-order valence-corrected chi connectivity index (χ3v) is 2.19. The predicted molar refractivity (Wildman–Crippen MR) is 58.3 cm³/mol. The summed E-state index contributed by atoms with van der Waals surface area (Å²) in [6.45, 7) is 4.75. The standard InChI is InChI=1S/C9H15ClN4/c1-6(2)8(3-11)14-9-12-4-7(10)5-13-9/h4-6,8H,3,11H2,1-2H3,(H,12,13,14). The van der Waals surface area contributed by atoms with Gasteiger partial charge in [-0.05, 0) is 5.92 Å². The number of nitrogens with two attached hydrogens (primary N) is 1. The van der Waals surface area contributed by atoms with Gasteiger partial charge in [0.2, 0.25) is 5.95 Å². The molecule has 1 aromatic rings. The van der Waals surface area contributed by atoms with E-state index < -0.39 is 0 Å². The Morgan fingerprint density at radius 1 is 1.43 bits per heavy atom. The van der Waals surface area contributed by atoms with E-state index in [9.17, 15) is 0 Å². The summed E-state index contributed by atoms with van der Waals surface area (Å²) in [7, 11) is 0. The van der Waals surface area contributed by atoms with E-state index in [1.54, 1.807) is 12.4 Å². The zero-order chi connectivity index (χ0) is 10.6. The predicted octanol–water partition coefficient (Wildman–Crippen LogP) is 1.53. The molecule has 1 heterocycles. The Morgan fingerprint density at radius 2 is 2.00 bits per heavy atom. The summed E-state index contributed by atoms with van der Waals surface area (Å²) >= 11 is 5.67. The average Bonchev–Trinajstić information content (AvgIpc) is 2.16. The van der Waals surface area contributed by atoms with E-state index in [4.69, 9.17) is 17.3 Å². The SMILES string of the molecule is CC(C)C(CN)Nc1ncc(Cl)cn1. The summed E-state index contributed by atoms with van der Waals surface area (Å²) in [5.74, 6) is 1.01. The number of halogens is 1. The van der Waals surface area contributed by atoms with Crippen LogP contribution in [0.3, 0.4) is 0 Å². The van der Waals surface area contributed by atoms with Crippen LogP contribution in [0.1, 0.15) is 13.8 Å². The van der Waals surface area contributed by atoms with Gasteiger partial charge in [0.15, 0.2) is 0 Å². The third kappa shape index (κ3) is 3.12. The number of hydrogen-bond acceptors (Lipinski definition) is 4. The van der Waals surface area contributed by atoms with Crippen LogP contribution in [0.2, 0.25) is 5.02 Å². The molecule has 0 saturated heterocycles. The molecule has 5 heteroatoms. The highest BCUT2D eigenvalue weighted by molar-refractivity contribution is 6.30. The van der Waals surface area contributed by atoms with Gasteiger partial charge in [0, 0.05) is 12.6 Å². The fraction of sp³-hybridized carbons (Fsp3) is 0.556. The van der Waals surface area contributed by atoms with Crippen molar-refractivity contribution >= 4 is 17.5 Å². The van der Waals surface area contributed by atoms with Gasteiger partial charge >= 0.3 is 0 Å². The molecule has 0 saturated carbocycles. The van der Waals surface area contributed by atoms with Gasteiger partial charge in [-0.3, -0.25) is 0 Å². The molecule has 0 fully saturated rings. The maximum Gasteiger partial charge on any atom is 0.222 e. The number of nitrogens with one attached hydrogen (secondary N) is 1. The molecule has 3 N–H and O–H groups in total. The van der Waals surface area contributed by atoms with Crippen LogP contribution >= 0.6 is 11.6 Å². The second-order valence-electron chi connectivity index (χ2n) is 3.46. The number of nitrogens with zero attached hydrogens (tertiary/aromatic N) is 2. The Kier molecular flexibility index (Phi) is 4.10. The monoisotopic (exact) mass is 214 g/mol. The number of anilines is 1. The lowest BCUT2D eigenvalue weighted by atomic mass is 10.1. The molecule has 0 aliphatic rings. The first kappa shape index (κ1) is 11.2. The van der Waals surface area contributed by atoms with Gasteiger partial charge in [-0.15, -0.1) is 0 Å². The van der Waals surface area contributed by atoms with Crippen molar-refractivity contribution in [2.45, 2.75) is 19.9 Å². The second-order valence-corrected chi connectivity index (χ2v) is 3.89. The average molecular weight is 215 g/mol. The highest BCUT2D eigenvalue weighted by atomic mass is 35.5. The van der Waals surface area contributed by atoms with Crippen LogP contribution in [0.25, 0.3) is 0 Å². The van der Waals surface area contributed by atoms with Crippen molar-refractivity contribution in [3.63, 3.8) is 0 Å². The van der Waals surface area contributed by atoms with Gasteiger partial charge in [0.25, 0.3) is 0 Å². The fourth-order valence-electron chi connectivity index (χ4n) is 1.05. The van der Waals surface area contributed by atoms with Crippen LogP contribution in [0, 0.1) is 5.92 Å². The molecule has 0 spiro atoms. The molecule has 1 rings (SSSR count). The highest BCUT2D eigenvalue weighted by Gasteiger charge is 2.11. The van der Waals surface area contributed by atoms with Crippen LogP contribution in [-0.4, -0.2) is 22.6 Å². The molecule has 0 aliphatic carbocycles. The molecule has 0 aliphatic heterocycles. The smallest absolute Gasteiger partial charge is 0.222 e. The Balaban J connectivity index is 2.63. The first-order chi connectivity index (χ1) is 6.63. The quantitative estimate of drug-likeness (QED) is 0.798. The topological polar surface area (TPSA) is 63.8 Å². The molecule has 1 atom stereocenters. The van der Waals surface area contributed by atoms with Crippen LogP contribution in [0.15, 0.2) is 12.4 Å². The molecular weight excluding hydrogens is 200 g/mol. The Morgan fingerprint density at radius 3 is 2.43 bits per heavy atom. The van der Waals surface area contributed by atoms with Crippen LogP contribution in [0.5, 0.6) is 0 Å². The summed E-state index contributed by atoms with van der Waals surface area (Å²) in [5, 5.41) is 3.68. The number of rotatable bonds is 4. The lowest BCUT2D eigenvalue weighted by Gasteiger charge is -2.20. The molecule has 1 aromatic heterocycles. The van der Waals surface area contributed by atoms with Crippen molar-refractivity contribution in [1.82, 2.24) is 9.97 Å². The normalized spacial score (nSPS) is 12.9. The van der Waals surface area contributed by atoms with Gasteiger partial charge in [-0.25, -0.2) is 9.97 Å². The first-order valence-corrected chi connectivity index (χ1v) is 4.95. The van der Waals surface area contributed by atoms with Gasteiger partial charge < -0.3 is 11.1 Å². The van der Waals surface area contributed by atoms with Crippen molar-refractivity contribution in [1.29, 1.82) is 0 Å². The molecule has 78 valence electrons. The summed E-state index contributed by atoms with van der Waals surface area (Å²) < 4.78 is 0. The highest BCUT2D eigenvalue weighted by Crippen LogP contribution is 2.09. The molecule has 0 aromatic carbocycles. The summed E-state index contributed by atoms with van der Waals surface area (Å²) in [6, 6.07) is 0.191. The lowest BCUT2D eigenvalue weighted by Crippen LogP contribution is -2.34. The van der Waals surface area contributed by atoms with Crippen LogP contribution < -0.4 is 11.1 Å². The maximum atomic E-state index is 5.67. The van der Waals surface area contributed by atoms with E-state index in [1.807, 2.05) is 0 Å². The second kappa shape index (κ2) is 5.12. The Hall–Kier alpha value is -0.870. The number of hydrogen-bond donors (Lipinski definition) is 2. The number of aromatic nitrogens is 2. The zero-order valence-electron chi connectivity index (χ0n) is 8.37. The van der Waals surface area contributed by atoms with Gasteiger partial charge in [0.1, 0.15) is 0 Å². The maximum absolute atomic E-state index is 5.67. The van der Waals surface area contributed by atoms with E-state index in [0.717, 1.165) is 0 Å². The van der Waals surface area contributed by atoms with E-state index in [2.05, 4.69) is 29.1 Å². The van der Waals surface area contributed by atoms with Gasteiger partial charge in [0.05, 0.1) is 17.4 Å². The van der Waals surface area contributed by atoms with Crippen LogP contribution in [-0.2, 0) is 0 Å².